The summed E-state index contributed by atoms with van der Waals surface area (Å²) >= 11 is 0. The number of sulfonamides is 1. The molecule has 0 N–H and O–H groups in total. The molecule has 0 spiro atoms. The number of likely N-dealkylation sites (N-methyl/N-ethyl adjacent to an activating group) is 1. The zero-order valence-electron chi connectivity index (χ0n) is 15.6. The summed E-state index contributed by atoms with van der Waals surface area (Å²) < 4.78 is 55.9. The lowest BCUT2D eigenvalue weighted by atomic mass is 10.2. The largest absolute Gasteiger partial charge is 0.491 e. The molecule has 0 bridgehead atoms. The van der Waals surface area contributed by atoms with Crippen LogP contribution in [-0.4, -0.2) is 53.2 Å². The summed E-state index contributed by atoms with van der Waals surface area (Å²) in [6, 6.07) is 10.7. The second-order valence-electron chi connectivity index (χ2n) is 5.87. The third-order valence-corrected chi connectivity index (χ3v) is 5.75. The zero-order valence-corrected chi connectivity index (χ0v) is 16.5. The Balaban J connectivity index is 1.99. The quantitative estimate of drug-likeness (QED) is 0.577. The molecular formula is C19H24FNO5S. The van der Waals surface area contributed by atoms with Crippen LogP contribution in [0.4, 0.5) is 4.39 Å². The summed E-state index contributed by atoms with van der Waals surface area (Å²) in [5, 5.41) is 0. The molecule has 0 atom stereocenters. The van der Waals surface area contributed by atoms with Crippen molar-refractivity contribution in [2.45, 2.75) is 11.8 Å². The molecule has 0 fully saturated rings. The van der Waals surface area contributed by atoms with E-state index in [1.807, 2.05) is 0 Å². The average molecular weight is 397 g/mol. The van der Waals surface area contributed by atoms with Crippen LogP contribution in [-0.2, 0) is 14.8 Å². The van der Waals surface area contributed by atoms with Gasteiger partial charge in [-0.25, -0.2) is 12.8 Å². The van der Waals surface area contributed by atoms with Crippen molar-refractivity contribution < 1.29 is 27.0 Å². The normalized spacial score (nSPS) is 11.6. The summed E-state index contributed by atoms with van der Waals surface area (Å²) in [6.45, 7) is 2.74. The average Bonchev–Trinajstić information content (AvgIpc) is 2.64. The summed E-state index contributed by atoms with van der Waals surface area (Å²) in [5.74, 6) is 0.218. The number of halogens is 1. The Hall–Kier alpha value is -2.16. The Bertz CT molecular complexity index is 857. The number of ether oxygens (including phenoxy) is 3. The Kier molecular flexibility index (Phi) is 7.58. The fraction of sp³-hybridized carbons (Fsp3) is 0.368. The minimum atomic E-state index is -3.69. The minimum Gasteiger partial charge on any atom is -0.491 e. The van der Waals surface area contributed by atoms with E-state index >= 15 is 0 Å². The molecule has 8 heteroatoms. The third kappa shape index (κ3) is 5.66. The molecule has 2 aromatic carbocycles. The van der Waals surface area contributed by atoms with Crippen LogP contribution in [0.3, 0.4) is 0 Å². The van der Waals surface area contributed by atoms with Gasteiger partial charge in [-0.05, 0) is 42.8 Å². The Morgan fingerprint density at radius 1 is 1.00 bits per heavy atom. The number of nitrogens with zero attached hydrogens (tertiary/aromatic N) is 1. The molecule has 0 heterocycles. The van der Waals surface area contributed by atoms with E-state index in [1.165, 1.54) is 29.6 Å². The number of hydrogen-bond donors (Lipinski definition) is 0. The molecular weight excluding hydrogens is 373 g/mol. The summed E-state index contributed by atoms with van der Waals surface area (Å²) in [6.07, 6.45) is 0. The smallest absolute Gasteiger partial charge is 0.242 e. The number of hydrogen-bond acceptors (Lipinski definition) is 5. The molecule has 6 nitrogen and oxygen atoms in total. The van der Waals surface area contributed by atoms with Crippen molar-refractivity contribution in [3.05, 3.63) is 53.8 Å². The first-order valence-electron chi connectivity index (χ1n) is 8.42. The van der Waals surface area contributed by atoms with Crippen LogP contribution in [0.5, 0.6) is 11.5 Å². The van der Waals surface area contributed by atoms with E-state index < -0.39 is 15.8 Å². The Labute approximate surface area is 159 Å². The van der Waals surface area contributed by atoms with Gasteiger partial charge in [0.25, 0.3) is 0 Å². The van der Waals surface area contributed by atoms with E-state index in [1.54, 1.807) is 38.3 Å². The van der Waals surface area contributed by atoms with Gasteiger partial charge in [-0.1, -0.05) is 12.1 Å². The highest BCUT2D eigenvalue weighted by Gasteiger charge is 2.21. The van der Waals surface area contributed by atoms with E-state index in [0.717, 1.165) is 0 Å². The van der Waals surface area contributed by atoms with Crippen LogP contribution < -0.4 is 9.47 Å². The van der Waals surface area contributed by atoms with Crippen molar-refractivity contribution in [2.24, 2.45) is 0 Å². The van der Waals surface area contributed by atoms with E-state index in [2.05, 4.69) is 0 Å². The van der Waals surface area contributed by atoms with Crippen molar-refractivity contribution in [1.82, 2.24) is 4.31 Å². The number of methoxy groups -OCH3 is 1. The lowest BCUT2D eigenvalue weighted by Crippen LogP contribution is -2.31. The van der Waals surface area contributed by atoms with E-state index in [4.69, 9.17) is 14.2 Å². The van der Waals surface area contributed by atoms with Crippen LogP contribution >= 0.6 is 0 Å². The maximum atomic E-state index is 13.5. The van der Waals surface area contributed by atoms with Crippen LogP contribution in [0.2, 0.25) is 0 Å². The molecule has 0 aliphatic carbocycles. The fourth-order valence-corrected chi connectivity index (χ4v) is 3.57. The number of benzene rings is 2. The molecule has 0 saturated heterocycles. The number of para-hydroxylation sites is 1. The van der Waals surface area contributed by atoms with Crippen molar-refractivity contribution in [3.8, 4) is 11.5 Å². The molecule has 2 aromatic rings. The topological polar surface area (TPSA) is 65.1 Å². The summed E-state index contributed by atoms with van der Waals surface area (Å²) in [4.78, 5) is 0.160. The zero-order chi connectivity index (χ0) is 19.9. The monoisotopic (exact) mass is 397 g/mol. The molecule has 0 aliphatic rings. The molecule has 27 heavy (non-hydrogen) atoms. The third-order valence-electron chi connectivity index (χ3n) is 3.90. The van der Waals surface area contributed by atoms with Crippen LogP contribution in [0.15, 0.2) is 47.4 Å². The first kappa shape index (κ1) is 21.1. The SMILES string of the molecule is COCCOc1ccc(S(=O)(=O)N(C)CCOc2ccccc2F)cc1C. The van der Waals surface area contributed by atoms with Crippen molar-refractivity contribution in [1.29, 1.82) is 0 Å². The van der Waals surface area contributed by atoms with Gasteiger partial charge in [-0.2, -0.15) is 4.31 Å². The number of rotatable bonds is 10. The van der Waals surface area contributed by atoms with Gasteiger partial charge in [0.15, 0.2) is 11.6 Å². The van der Waals surface area contributed by atoms with Gasteiger partial charge < -0.3 is 14.2 Å². The second kappa shape index (κ2) is 9.68. The highest BCUT2D eigenvalue weighted by Crippen LogP contribution is 2.23. The lowest BCUT2D eigenvalue weighted by Gasteiger charge is -2.18. The van der Waals surface area contributed by atoms with Crippen molar-refractivity contribution in [3.63, 3.8) is 0 Å². The van der Waals surface area contributed by atoms with E-state index in [-0.39, 0.29) is 23.8 Å². The predicted octanol–water partition coefficient (Wildman–Crippen LogP) is 2.86. The van der Waals surface area contributed by atoms with Gasteiger partial charge in [0.05, 0.1) is 11.5 Å². The van der Waals surface area contributed by atoms with Gasteiger partial charge in [-0.3, -0.25) is 0 Å². The summed E-state index contributed by atoms with van der Waals surface area (Å²) in [7, 11) is -0.651. The first-order valence-corrected chi connectivity index (χ1v) is 9.86. The molecule has 0 radical (unpaired) electrons. The Morgan fingerprint density at radius 3 is 2.37 bits per heavy atom. The second-order valence-corrected chi connectivity index (χ2v) is 7.92. The lowest BCUT2D eigenvalue weighted by molar-refractivity contribution is 0.146. The maximum Gasteiger partial charge on any atom is 0.242 e. The van der Waals surface area contributed by atoms with E-state index in [9.17, 15) is 12.8 Å². The minimum absolute atomic E-state index is 0.0356. The van der Waals surface area contributed by atoms with Crippen molar-refractivity contribution in [2.75, 3.05) is 40.5 Å². The predicted molar refractivity (Wildman–Crippen MR) is 100 cm³/mol. The molecule has 148 valence electrons. The van der Waals surface area contributed by atoms with Gasteiger partial charge in [0, 0.05) is 20.7 Å². The van der Waals surface area contributed by atoms with Gasteiger partial charge in [0.2, 0.25) is 10.0 Å². The molecule has 2 rings (SSSR count). The summed E-state index contributed by atoms with van der Waals surface area (Å²) in [5.41, 5.74) is 0.711. The molecule has 0 saturated carbocycles. The molecule has 0 amide bonds. The standard InChI is InChI=1S/C19H24FNO5S/c1-15-14-16(8-9-18(15)26-13-12-24-3)27(22,23)21(2)10-11-25-19-7-5-4-6-17(19)20/h4-9,14H,10-13H2,1-3H3. The number of aryl methyl sites for hydroxylation is 1. The maximum absolute atomic E-state index is 13.5. The highest BCUT2D eigenvalue weighted by molar-refractivity contribution is 7.89. The fourth-order valence-electron chi connectivity index (χ4n) is 2.33. The molecule has 0 unspecified atom stereocenters. The van der Waals surface area contributed by atoms with Crippen LogP contribution in [0, 0.1) is 12.7 Å². The Morgan fingerprint density at radius 2 is 1.70 bits per heavy atom. The van der Waals surface area contributed by atoms with Crippen LogP contribution in [0.1, 0.15) is 5.56 Å². The van der Waals surface area contributed by atoms with Crippen molar-refractivity contribution >= 4 is 10.0 Å². The van der Waals surface area contributed by atoms with Crippen LogP contribution in [0.25, 0.3) is 0 Å². The highest BCUT2D eigenvalue weighted by atomic mass is 32.2. The first-order chi connectivity index (χ1) is 12.9. The van der Waals surface area contributed by atoms with Gasteiger partial charge in [-0.15, -0.1) is 0 Å². The van der Waals surface area contributed by atoms with Gasteiger partial charge >= 0.3 is 0 Å². The van der Waals surface area contributed by atoms with E-state index in [0.29, 0.717) is 24.5 Å². The van der Waals surface area contributed by atoms with Gasteiger partial charge in [0.1, 0.15) is 19.0 Å². The molecule has 0 aliphatic heterocycles. The molecule has 0 aromatic heterocycles.